The predicted octanol–water partition coefficient (Wildman–Crippen LogP) is 1.94. The van der Waals surface area contributed by atoms with E-state index in [9.17, 15) is 0 Å². The van der Waals surface area contributed by atoms with Crippen LogP contribution in [0.25, 0.3) is 0 Å². The minimum atomic E-state index is -0.0820. The van der Waals surface area contributed by atoms with Gasteiger partial charge < -0.3 is 11.5 Å². The molecular formula is C11H18N2. The van der Waals surface area contributed by atoms with Crippen LogP contribution in [0.4, 0.5) is 5.69 Å². The number of anilines is 1. The summed E-state index contributed by atoms with van der Waals surface area (Å²) in [7, 11) is 0. The van der Waals surface area contributed by atoms with Gasteiger partial charge in [-0.15, -0.1) is 0 Å². The van der Waals surface area contributed by atoms with Gasteiger partial charge in [0.05, 0.1) is 0 Å². The van der Waals surface area contributed by atoms with Gasteiger partial charge in [0.1, 0.15) is 0 Å². The van der Waals surface area contributed by atoms with Crippen molar-refractivity contribution in [2.45, 2.75) is 32.2 Å². The zero-order valence-corrected chi connectivity index (χ0v) is 8.38. The van der Waals surface area contributed by atoms with E-state index in [0.717, 1.165) is 18.5 Å². The minimum absolute atomic E-state index is 0.0820. The lowest BCUT2D eigenvalue weighted by atomic mass is 9.96. The van der Waals surface area contributed by atoms with Gasteiger partial charge in [0.2, 0.25) is 0 Å². The van der Waals surface area contributed by atoms with Crippen molar-refractivity contribution >= 4 is 5.69 Å². The molecule has 0 aliphatic heterocycles. The molecule has 1 aromatic carbocycles. The molecule has 0 saturated heterocycles. The van der Waals surface area contributed by atoms with E-state index in [2.05, 4.69) is 12.1 Å². The molecule has 2 heteroatoms. The van der Waals surface area contributed by atoms with Crippen molar-refractivity contribution in [2.75, 3.05) is 5.73 Å². The van der Waals surface area contributed by atoms with Gasteiger partial charge in [-0.3, -0.25) is 0 Å². The highest BCUT2D eigenvalue weighted by Gasteiger charge is 2.09. The van der Waals surface area contributed by atoms with Crippen LogP contribution in [0.1, 0.15) is 25.8 Å². The molecule has 0 unspecified atom stereocenters. The Bertz CT molecular complexity index is 256. The molecular weight excluding hydrogens is 160 g/mol. The van der Waals surface area contributed by atoms with Crippen LogP contribution in [0.2, 0.25) is 0 Å². The molecule has 1 rings (SSSR count). The monoisotopic (exact) mass is 178 g/mol. The standard InChI is InChI=1S/C11H18N2/c1-11(2,13)8-7-9-3-5-10(12)6-4-9/h3-6H,7-8,12-13H2,1-2H3. The molecule has 2 nitrogen and oxygen atoms in total. The minimum Gasteiger partial charge on any atom is -0.399 e. The fourth-order valence-corrected chi connectivity index (χ4v) is 1.15. The summed E-state index contributed by atoms with van der Waals surface area (Å²) in [5, 5.41) is 0. The molecule has 72 valence electrons. The van der Waals surface area contributed by atoms with Gasteiger partial charge in [0.15, 0.2) is 0 Å². The van der Waals surface area contributed by atoms with Crippen LogP contribution < -0.4 is 11.5 Å². The van der Waals surface area contributed by atoms with Gasteiger partial charge in [-0.2, -0.15) is 0 Å². The summed E-state index contributed by atoms with van der Waals surface area (Å²) < 4.78 is 0. The Kier molecular flexibility index (Phi) is 2.94. The quantitative estimate of drug-likeness (QED) is 0.695. The highest BCUT2D eigenvalue weighted by atomic mass is 14.7. The van der Waals surface area contributed by atoms with Gasteiger partial charge in [-0.05, 0) is 44.4 Å². The van der Waals surface area contributed by atoms with Crippen LogP contribution in [-0.4, -0.2) is 5.54 Å². The zero-order chi connectivity index (χ0) is 9.90. The molecule has 13 heavy (non-hydrogen) atoms. The van der Waals surface area contributed by atoms with Crippen LogP contribution in [0.5, 0.6) is 0 Å². The van der Waals surface area contributed by atoms with Crippen LogP contribution in [0, 0.1) is 0 Å². The number of aryl methyl sites for hydroxylation is 1. The highest BCUT2D eigenvalue weighted by Crippen LogP contribution is 2.12. The van der Waals surface area contributed by atoms with Crippen molar-refractivity contribution in [1.29, 1.82) is 0 Å². The van der Waals surface area contributed by atoms with Crippen LogP contribution >= 0.6 is 0 Å². The summed E-state index contributed by atoms with van der Waals surface area (Å²) in [5.41, 5.74) is 13.5. The Hall–Kier alpha value is -1.02. The molecule has 0 saturated carbocycles. The number of hydrogen-bond donors (Lipinski definition) is 2. The summed E-state index contributed by atoms with van der Waals surface area (Å²) in [6.07, 6.45) is 2.01. The van der Waals surface area contributed by atoms with Gasteiger partial charge in [0, 0.05) is 11.2 Å². The second-order valence-electron chi connectivity index (χ2n) is 4.23. The smallest absolute Gasteiger partial charge is 0.0314 e. The van der Waals surface area contributed by atoms with E-state index in [0.29, 0.717) is 0 Å². The van der Waals surface area contributed by atoms with E-state index in [-0.39, 0.29) is 5.54 Å². The molecule has 4 N–H and O–H groups in total. The third kappa shape index (κ3) is 3.95. The Morgan fingerprint density at radius 2 is 1.69 bits per heavy atom. The van der Waals surface area contributed by atoms with E-state index >= 15 is 0 Å². The van der Waals surface area contributed by atoms with Crippen molar-refractivity contribution in [3.8, 4) is 0 Å². The van der Waals surface area contributed by atoms with Gasteiger partial charge in [0.25, 0.3) is 0 Å². The van der Waals surface area contributed by atoms with E-state index in [1.54, 1.807) is 0 Å². The number of hydrogen-bond acceptors (Lipinski definition) is 2. The normalized spacial score (nSPS) is 11.6. The lowest BCUT2D eigenvalue weighted by Gasteiger charge is -2.17. The first-order valence-corrected chi connectivity index (χ1v) is 4.61. The first-order chi connectivity index (χ1) is 5.97. The Labute approximate surface area is 79.9 Å². The largest absolute Gasteiger partial charge is 0.399 e. The Balaban J connectivity index is 2.51. The van der Waals surface area contributed by atoms with Gasteiger partial charge >= 0.3 is 0 Å². The second kappa shape index (κ2) is 3.79. The third-order valence-electron chi connectivity index (χ3n) is 2.04. The molecule has 0 atom stereocenters. The summed E-state index contributed by atoms with van der Waals surface area (Å²) in [4.78, 5) is 0. The first kappa shape index (κ1) is 10.1. The van der Waals surface area contributed by atoms with Crippen molar-refractivity contribution < 1.29 is 0 Å². The van der Waals surface area contributed by atoms with E-state index in [4.69, 9.17) is 11.5 Å². The maximum absolute atomic E-state index is 5.89. The van der Waals surface area contributed by atoms with E-state index in [1.807, 2.05) is 26.0 Å². The van der Waals surface area contributed by atoms with Crippen molar-refractivity contribution in [2.24, 2.45) is 5.73 Å². The van der Waals surface area contributed by atoms with Crippen molar-refractivity contribution in [3.05, 3.63) is 29.8 Å². The van der Waals surface area contributed by atoms with E-state index in [1.165, 1.54) is 5.56 Å². The number of benzene rings is 1. The summed E-state index contributed by atoms with van der Waals surface area (Å²) in [6, 6.07) is 7.97. The van der Waals surface area contributed by atoms with Crippen molar-refractivity contribution in [3.63, 3.8) is 0 Å². The SMILES string of the molecule is CC(C)(N)CCc1ccc(N)cc1. The lowest BCUT2D eigenvalue weighted by Crippen LogP contribution is -2.32. The predicted molar refractivity (Wildman–Crippen MR) is 57.4 cm³/mol. The summed E-state index contributed by atoms with van der Waals surface area (Å²) in [5.74, 6) is 0. The maximum Gasteiger partial charge on any atom is 0.0314 e. The van der Waals surface area contributed by atoms with Gasteiger partial charge in [-0.1, -0.05) is 12.1 Å². The molecule has 0 amide bonds. The molecule has 0 heterocycles. The van der Waals surface area contributed by atoms with Crippen LogP contribution in [0.15, 0.2) is 24.3 Å². The molecule has 0 aliphatic carbocycles. The average molecular weight is 178 g/mol. The summed E-state index contributed by atoms with van der Waals surface area (Å²) in [6.45, 7) is 4.09. The average Bonchev–Trinajstić information content (AvgIpc) is 2.02. The Morgan fingerprint density at radius 3 is 2.15 bits per heavy atom. The fraction of sp³-hybridized carbons (Fsp3) is 0.455. The Morgan fingerprint density at radius 1 is 1.15 bits per heavy atom. The van der Waals surface area contributed by atoms with Crippen LogP contribution in [0.3, 0.4) is 0 Å². The maximum atomic E-state index is 5.89. The topological polar surface area (TPSA) is 52.0 Å². The molecule has 0 fully saturated rings. The molecule has 0 spiro atoms. The molecule has 0 radical (unpaired) electrons. The zero-order valence-electron chi connectivity index (χ0n) is 8.38. The second-order valence-corrected chi connectivity index (χ2v) is 4.23. The number of nitrogens with two attached hydrogens (primary N) is 2. The third-order valence-corrected chi connectivity index (χ3v) is 2.04. The van der Waals surface area contributed by atoms with Crippen LogP contribution in [-0.2, 0) is 6.42 Å². The fourth-order valence-electron chi connectivity index (χ4n) is 1.15. The summed E-state index contributed by atoms with van der Waals surface area (Å²) >= 11 is 0. The molecule has 0 bridgehead atoms. The van der Waals surface area contributed by atoms with Crippen molar-refractivity contribution in [1.82, 2.24) is 0 Å². The molecule has 0 aliphatic rings. The lowest BCUT2D eigenvalue weighted by molar-refractivity contribution is 0.477. The molecule has 1 aromatic rings. The number of nitrogen functional groups attached to an aromatic ring is 1. The first-order valence-electron chi connectivity index (χ1n) is 4.61. The highest BCUT2D eigenvalue weighted by molar-refractivity contribution is 5.39. The number of rotatable bonds is 3. The van der Waals surface area contributed by atoms with Gasteiger partial charge in [-0.25, -0.2) is 0 Å². The van der Waals surface area contributed by atoms with E-state index < -0.39 is 0 Å². The molecule has 0 aromatic heterocycles.